The van der Waals surface area contributed by atoms with Crippen LogP contribution in [0.2, 0.25) is 0 Å². The fraction of sp³-hybridized carbons (Fsp3) is 0. The maximum absolute atomic E-state index is 11.7. The minimum atomic E-state index is -0.667. The number of carbonyl (C=O) groups is 1. The first kappa shape index (κ1) is 13.6. The zero-order valence-electron chi connectivity index (χ0n) is 11.9. The van der Waals surface area contributed by atoms with Gasteiger partial charge in [0.25, 0.3) is 5.91 Å². The summed E-state index contributed by atoms with van der Waals surface area (Å²) in [6.45, 7) is 0. The van der Waals surface area contributed by atoms with Gasteiger partial charge in [0, 0.05) is 35.1 Å². The Labute approximate surface area is 134 Å². The number of carbonyl (C=O) groups excluding carboxylic acids is 1. The van der Waals surface area contributed by atoms with Gasteiger partial charge in [-0.15, -0.1) is 11.3 Å². The van der Waals surface area contributed by atoms with Gasteiger partial charge in [0.2, 0.25) is 0 Å². The molecule has 0 aliphatic rings. The third-order valence-corrected chi connectivity index (χ3v) is 4.51. The fourth-order valence-electron chi connectivity index (χ4n) is 2.66. The minimum absolute atomic E-state index is 0.0488. The molecular formula is C16H11N5OS. The summed E-state index contributed by atoms with van der Waals surface area (Å²) in [5, 5.41) is 2.99. The number of pyridine rings is 3. The lowest BCUT2D eigenvalue weighted by Gasteiger charge is -2.12. The van der Waals surface area contributed by atoms with E-state index in [-0.39, 0.29) is 11.4 Å². The molecule has 0 radical (unpaired) electrons. The van der Waals surface area contributed by atoms with Crippen LogP contribution >= 0.6 is 11.3 Å². The zero-order chi connectivity index (χ0) is 16.0. The average molecular weight is 321 g/mol. The maximum atomic E-state index is 11.7. The van der Waals surface area contributed by atoms with Crippen molar-refractivity contribution in [3.63, 3.8) is 0 Å². The first-order chi connectivity index (χ1) is 11.2. The van der Waals surface area contributed by atoms with E-state index >= 15 is 0 Å². The molecule has 4 aromatic heterocycles. The summed E-state index contributed by atoms with van der Waals surface area (Å²) in [6, 6.07) is 5.53. The van der Waals surface area contributed by atoms with Crippen LogP contribution in [0.5, 0.6) is 0 Å². The van der Waals surface area contributed by atoms with Crippen molar-refractivity contribution in [2.75, 3.05) is 5.73 Å². The van der Waals surface area contributed by atoms with Crippen molar-refractivity contribution in [2.45, 2.75) is 0 Å². The Balaban J connectivity index is 2.20. The van der Waals surface area contributed by atoms with Crippen molar-refractivity contribution in [1.82, 2.24) is 15.0 Å². The second-order valence-corrected chi connectivity index (χ2v) is 5.95. The van der Waals surface area contributed by atoms with Gasteiger partial charge in [0.05, 0.1) is 21.4 Å². The SMILES string of the molecule is NC(=O)c1nc2cccnc2c(-c2cncc3sccc23)c1N. The third kappa shape index (κ3) is 2.01. The lowest BCUT2D eigenvalue weighted by molar-refractivity contribution is 0.0997. The fourth-order valence-corrected chi connectivity index (χ4v) is 3.44. The van der Waals surface area contributed by atoms with Crippen LogP contribution in [0.15, 0.2) is 42.2 Å². The topological polar surface area (TPSA) is 108 Å². The molecule has 0 aromatic carbocycles. The van der Waals surface area contributed by atoms with Crippen LogP contribution in [-0.2, 0) is 0 Å². The van der Waals surface area contributed by atoms with Gasteiger partial charge in [-0.05, 0) is 23.6 Å². The molecule has 0 unspecified atom stereocenters. The number of hydrogen-bond donors (Lipinski definition) is 2. The van der Waals surface area contributed by atoms with Crippen LogP contribution in [-0.4, -0.2) is 20.9 Å². The summed E-state index contributed by atoms with van der Waals surface area (Å²) in [7, 11) is 0. The molecule has 0 aliphatic heterocycles. The van der Waals surface area contributed by atoms with Gasteiger partial charge in [0.15, 0.2) is 5.69 Å². The Morgan fingerprint density at radius 2 is 2.09 bits per heavy atom. The molecule has 0 spiro atoms. The van der Waals surface area contributed by atoms with Gasteiger partial charge >= 0.3 is 0 Å². The minimum Gasteiger partial charge on any atom is -0.396 e. The number of amides is 1. The summed E-state index contributed by atoms with van der Waals surface area (Å²) in [5.74, 6) is -0.667. The molecule has 0 fully saturated rings. The monoisotopic (exact) mass is 321 g/mol. The van der Waals surface area contributed by atoms with E-state index < -0.39 is 5.91 Å². The molecule has 4 rings (SSSR count). The molecule has 4 aromatic rings. The first-order valence-corrected chi connectivity index (χ1v) is 7.70. The number of anilines is 1. The Hall–Kier alpha value is -3.06. The smallest absolute Gasteiger partial charge is 0.269 e. The summed E-state index contributed by atoms with van der Waals surface area (Å²) in [5.41, 5.74) is 14.6. The molecule has 0 atom stereocenters. The predicted molar refractivity (Wildman–Crippen MR) is 91.1 cm³/mol. The lowest BCUT2D eigenvalue weighted by atomic mass is 10.00. The van der Waals surface area contributed by atoms with Crippen LogP contribution in [0.1, 0.15) is 10.5 Å². The van der Waals surface area contributed by atoms with Crippen molar-refractivity contribution in [3.8, 4) is 11.1 Å². The molecule has 1 amide bonds. The highest BCUT2D eigenvalue weighted by molar-refractivity contribution is 7.17. The van der Waals surface area contributed by atoms with E-state index in [1.165, 1.54) is 0 Å². The summed E-state index contributed by atoms with van der Waals surface area (Å²) in [6.07, 6.45) is 5.18. The van der Waals surface area contributed by atoms with E-state index in [1.807, 2.05) is 11.4 Å². The quantitative estimate of drug-likeness (QED) is 0.590. The number of thiophene rings is 1. The molecule has 0 saturated heterocycles. The summed E-state index contributed by atoms with van der Waals surface area (Å²) < 4.78 is 1.03. The standard InChI is InChI=1S/C16H11N5OS/c17-13-12(9-6-19-7-11-8(9)3-5-23-11)14-10(2-1-4-20-14)21-15(13)16(18)22/h1-7H,17H2,(H2,18,22). The van der Waals surface area contributed by atoms with Crippen LogP contribution in [0, 0.1) is 0 Å². The molecule has 0 aliphatic carbocycles. The predicted octanol–water partition coefficient (Wildman–Crippen LogP) is 2.59. The summed E-state index contributed by atoms with van der Waals surface area (Å²) in [4.78, 5) is 24.6. The Bertz CT molecular complexity index is 1070. The highest BCUT2D eigenvalue weighted by Crippen LogP contribution is 2.38. The van der Waals surface area contributed by atoms with E-state index in [2.05, 4.69) is 15.0 Å². The maximum Gasteiger partial charge on any atom is 0.269 e. The number of primary amides is 1. The van der Waals surface area contributed by atoms with Crippen LogP contribution in [0.4, 0.5) is 5.69 Å². The van der Waals surface area contributed by atoms with Crippen molar-refractivity contribution in [2.24, 2.45) is 5.73 Å². The van der Waals surface area contributed by atoms with E-state index in [1.54, 1.807) is 42.1 Å². The van der Waals surface area contributed by atoms with Gasteiger partial charge < -0.3 is 11.5 Å². The molecule has 7 heteroatoms. The van der Waals surface area contributed by atoms with Crippen LogP contribution in [0.3, 0.4) is 0 Å². The number of rotatable bonds is 2. The highest BCUT2D eigenvalue weighted by Gasteiger charge is 2.20. The lowest BCUT2D eigenvalue weighted by Crippen LogP contribution is -2.16. The summed E-state index contributed by atoms with van der Waals surface area (Å²) >= 11 is 1.59. The molecule has 4 N–H and O–H groups in total. The Kier molecular flexibility index (Phi) is 2.95. The average Bonchev–Trinajstić information content (AvgIpc) is 3.03. The highest BCUT2D eigenvalue weighted by atomic mass is 32.1. The number of aromatic nitrogens is 3. The van der Waals surface area contributed by atoms with Gasteiger partial charge in [-0.2, -0.15) is 0 Å². The molecular weight excluding hydrogens is 310 g/mol. The first-order valence-electron chi connectivity index (χ1n) is 6.82. The molecule has 112 valence electrons. The zero-order valence-corrected chi connectivity index (χ0v) is 12.7. The molecule has 4 heterocycles. The van der Waals surface area contributed by atoms with E-state index in [9.17, 15) is 4.79 Å². The molecule has 6 nitrogen and oxygen atoms in total. The third-order valence-electron chi connectivity index (χ3n) is 3.66. The van der Waals surface area contributed by atoms with Gasteiger partial charge in [-0.1, -0.05) is 0 Å². The second kappa shape index (κ2) is 4.99. The van der Waals surface area contributed by atoms with E-state index in [0.717, 1.165) is 15.6 Å². The number of nitrogens with two attached hydrogens (primary N) is 2. The van der Waals surface area contributed by atoms with E-state index in [0.29, 0.717) is 16.6 Å². The Morgan fingerprint density at radius 3 is 2.91 bits per heavy atom. The van der Waals surface area contributed by atoms with Crippen molar-refractivity contribution >= 4 is 44.1 Å². The molecule has 0 saturated carbocycles. The number of hydrogen-bond acceptors (Lipinski definition) is 6. The number of fused-ring (bicyclic) bond motifs is 2. The van der Waals surface area contributed by atoms with Gasteiger partial charge in [-0.3, -0.25) is 14.8 Å². The van der Waals surface area contributed by atoms with Crippen molar-refractivity contribution in [1.29, 1.82) is 0 Å². The largest absolute Gasteiger partial charge is 0.396 e. The van der Waals surface area contributed by atoms with Gasteiger partial charge in [-0.25, -0.2) is 4.98 Å². The van der Waals surface area contributed by atoms with Crippen molar-refractivity contribution in [3.05, 3.63) is 47.9 Å². The van der Waals surface area contributed by atoms with Crippen LogP contribution < -0.4 is 11.5 Å². The number of nitrogens with zero attached hydrogens (tertiary/aromatic N) is 3. The molecule has 23 heavy (non-hydrogen) atoms. The Morgan fingerprint density at radius 1 is 1.22 bits per heavy atom. The van der Waals surface area contributed by atoms with E-state index in [4.69, 9.17) is 11.5 Å². The van der Waals surface area contributed by atoms with Crippen molar-refractivity contribution < 1.29 is 4.79 Å². The number of nitrogen functional groups attached to an aromatic ring is 1. The normalized spacial score (nSPS) is 11.1. The van der Waals surface area contributed by atoms with Gasteiger partial charge in [0.1, 0.15) is 0 Å². The second-order valence-electron chi connectivity index (χ2n) is 5.00. The molecule has 0 bridgehead atoms. The van der Waals surface area contributed by atoms with Crippen LogP contribution in [0.25, 0.3) is 32.2 Å².